The fraction of sp³-hybridized carbons (Fsp3) is 0.192. The van der Waals surface area contributed by atoms with Crippen LogP contribution in [0.5, 0.6) is 0 Å². The van der Waals surface area contributed by atoms with Gasteiger partial charge >= 0.3 is 0 Å². The summed E-state index contributed by atoms with van der Waals surface area (Å²) in [6, 6.07) is 19.4. The normalized spacial score (nSPS) is 25.6. The van der Waals surface area contributed by atoms with Crippen LogP contribution in [-0.2, 0) is 16.1 Å². The Balaban J connectivity index is 1.45. The lowest BCUT2D eigenvalue weighted by molar-refractivity contribution is -0.142. The van der Waals surface area contributed by atoms with E-state index in [1.807, 2.05) is 71.8 Å². The monoisotopic (exact) mass is 424 g/mol. The zero-order valence-electron chi connectivity index (χ0n) is 17.1. The van der Waals surface area contributed by atoms with Crippen LogP contribution in [0.4, 0.5) is 0 Å². The minimum atomic E-state index is -0.794. The quantitative estimate of drug-likeness (QED) is 0.472. The van der Waals surface area contributed by atoms with Gasteiger partial charge in [-0.05, 0) is 34.9 Å². The smallest absolute Gasteiger partial charge is 0.236 e. The summed E-state index contributed by atoms with van der Waals surface area (Å²) in [6.07, 6.45) is 5.23. The molecular weight excluding hydrogens is 404 g/mol. The van der Waals surface area contributed by atoms with Crippen LogP contribution in [0.25, 0.3) is 6.08 Å². The highest BCUT2D eigenvalue weighted by atomic mass is 16.3. The van der Waals surface area contributed by atoms with E-state index in [-0.39, 0.29) is 35.9 Å². The Morgan fingerprint density at radius 1 is 0.875 bits per heavy atom. The van der Waals surface area contributed by atoms with Gasteiger partial charge in [0.15, 0.2) is 5.76 Å². The maximum absolute atomic E-state index is 13.6. The molecule has 0 radical (unpaired) electrons. The van der Waals surface area contributed by atoms with Crippen LogP contribution in [0.1, 0.15) is 33.3 Å². The molecule has 0 saturated carbocycles. The van der Waals surface area contributed by atoms with Crippen molar-refractivity contribution < 1.29 is 18.8 Å². The minimum Gasteiger partial charge on any atom is -0.461 e. The average Bonchev–Trinajstić information content (AvgIpc) is 3.53. The van der Waals surface area contributed by atoms with E-state index in [9.17, 15) is 14.4 Å². The second-order valence-corrected chi connectivity index (χ2v) is 8.42. The Hall–Kier alpha value is -3.93. The Morgan fingerprint density at radius 2 is 1.62 bits per heavy atom. The zero-order valence-corrected chi connectivity index (χ0v) is 17.1. The lowest BCUT2D eigenvalue weighted by atomic mass is 9.84. The van der Waals surface area contributed by atoms with Gasteiger partial charge in [-0.1, -0.05) is 54.6 Å². The molecule has 2 aromatic carbocycles. The van der Waals surface area contributed by atoms with Gasteiger partial charge in [0.1, 0.15) is 6.04 Å². The van der Waals surface area contributed by atoms with Crippen molar-refractivity contribution in [2.24, 2.45) is 11.8 Å². The fourth-order valence-corrected chi connectivity index (χ4v) is 5.41. The SMILES string of the molecule is O=C(c1ccco1)[C@@H]1[C@@H]2C(=O)N(Cc3ccccc3)C(=O)[C@H]2[C@H]2c3ccccc3C=CN12. The molecule has 0 spiro atoms. The number of ketones is 1. The number of carbonyl (C=O) groups excluding carboxylic acids is 3. The Kier molecular flexibility index (Phi) is 4.15. The predicted molar refractivity (Wildman–Crippen MR) is 116 cm³/mol. The lowest BCUT2D eigenvalue weighted by Crippen LogP contribution is -2.44. The van der Waals surface area contributed by atoms with Crippen LogP contribution in [0.15, 0.2) is 83.6 Å². The molecular formula is C26H20N2O4. The molecule has 3 aliphatic heterocycles. The highest BCUT2D eigenvalue weighted by Crippen LogP contribution is 2.53. The molecule has 6 rings (SSSR count). The maximum atomic E-state index is 13.6. The van der Waals surface area contributed by atoms with Gasteiger partial charge in [0.25, 0.3) is 0 Å². The molecule has 4 atom stereocenters. The zero-order chi connectivity index (χ0) is 21.8. The third-order valence-corrected chi connectivity index (χ3v) is 6.77. The van der Waals surface area contributed by atoms with Gasteiger partial charge < -0.3 is 9.32 Å². The number of carbonyl (C=O) groups is 3. The number of rotatable bonds is 4. The summed E-state index contributed by atoms with van der Waals surface area (Å²) in [5, 5.41) is 0. The molecule has 158 valence electrons. The molecule has 0 aliphatic carbocycles. The van der Waals surface area contributed by atoms with Gasteiger partial charge in [0.05, 0.1) is 30.7 Å². The Labute approximate surface area is 184 Å². The first-order valence-corrected chi connectivity index (χ1v) is 10.7. The van der Waals surface area contributed by atoms with E-state index in [0.29, 0.717) is 0 Å². The van der Waals surface area contributed by atoms with Crippen LogP contribution in [0.3, 0.4) is 0 Å². The molecule has 2 amide bonds. The standard InChI is InChI=1S/C26H20N2O4/c29-24(19-11-6-14-32-19)23-21-20(22-18-10-5-4-9-17(18)12-13-27(22)23)25(30)28(26(21)31)15-16-7-2-1-3-8-16/h1-14,20-23H,15H2/t20-,21-,22-,23+/m1/s1. The molecule has 6 heteroatoms. The number of likely N-dealkylation sites (tertiary alicyclic amines) is 1. The van der Waals surface area contributed by atoms with Gasteiger partial charge in [-0.3, -0.25) is 19.3 Å². The van der Waals surface area contributed by atoms with Crippen LogP contribution in [0.2, 0.25) is 0 Å². The number of amides is 2. The molecule has 3 aromatic rings. The van der Waals surface area contributed by atoms with Crippen LogP contribution in [-0.4, -0.2) is 33.4 Å². The minimum absolute atomic E-state index is 0.198. The topological polar surface area (TPSA) is 70.8 Å². The van der Waals surface area contributed by atoms with Crippen molar-refractivity contribution in [3.8, 4) is 0 Å². The van der Waals surface area contributed by atoms with Gasteiger partial charge in [-0.15, -0.1) is 0 Å². The summed E-state index contributed by atoms with van der Waals surface area (Å²) in [5.41, 5.74) is 2.84. The van der Waals surface area contributed by atoms with E-state index in [4.69, 9.17) is 4.42 Å². The molecule has 0 N–H and O–H groups in total. The first-order chi connectivity index (χ1) is 15.6. The number of hydrogen-bond acceptors (Lipinski definition) is 5. The van der Waals surface area contributed by atoms with Crippen molar-refractivity contribution in [1.29, 1.82) is 0 Å². The van der Waals surface area contributed by atoms with Crippen molar-refractivity contribution >= 4 is 23.7 Å². The largest absolute Gasteiger partial charge is 0.461 e. The van der Waals surface area contributed by atoms with Gasteiger partial charge in [-0.2, -0.15) is 0 Å². The van der Waals surface area contributed by atoms with E-state index < -0.39 is 17.9 Å². The number of Topliss-reactive ketones (excluding diaryl/α,β-unsaturated/α-hetero) is 1. The Morgan fingerprint density at radius 3 is 2.41 bits per heavy atom. The molecule has 32 heavy (non-hydrogen) atoms. The molecule has 3 aliphatic rings. The van der Waals surface area contributed by atoms with E-state index >= 15 is 0 Å². The second-order valence-electron chi connectivity index (χ2n) is 8.42. The molecule has 0 bridgehead atoms. The summed E-state index contributed by atoms with van der Waals surface area (Å²) in [4.78, 5) is 43.9. The number of fused-ring (bicyclic) bond motifs is 5. The predicted octanol–water partition coefficient (Wildman–Crippen LogP) is 3.67. The van der Waals surface area contributed by atoms with E-state index in [1.165, 1.54) is 11.2 Å². The molecule has 0 unspecified atom stereocenters. The van der Waals surface area contributed by atoms with Gasteiger partial charge in [0.2, 0.25) is 17.6 Å². The first kappa shape index (κ1) is 18.8. The summed E-state index contributed by atoms with van der Waals surface area (Å²) in [5.74, 6) is -1.98. The van der Waals surface area contributed by atoms with E-state index in [0.717, 1.165) is 16.7 Å². The number of nitrogens with zero attached hydrogens (tertiary/aromatic N) is 2. The first-order valence-electron chi connectivity index (χ1n) is 10.7. The number of benzene rings is 2. The van der Waals surface area contributed by atoms with Crippen molar-refractivity contribution in [2.75, 3.05) is 0 Å². The van der Waals surface area contributed by atoms with Gasteiger partial charge in [0, 0.05) is 6.20 Å². The fourth-order valence-electron chi connectivity index (χ4n) is 5.41. The van der Waals surface area contributed by atoms with Crippen molar-refractivity contribution in [3.63, 3.8) is 0 Å². The van der Waals surface area contributed by atoms with Crippen LogP contribution >= 0.6 is 0 Å². The van der Waals surface area contributed by atoms with Crippen molar-refractivity contribution in [1.82, 2.24) is 9.80 Å². The van der Waals surface area contributed by atoms with Crippen LogP contribution < -0.4 is 0 Å². The Bertz CT molecular complexity index is 1250. The summed E-state index contributed by atoms with van der Waals surface area (Å²) >= 11 is 0. The third-order valence-electron chi connectivity index (χ3n) is 6.77. The molecule has 1 aromatic heterocycles. The van der Waals surface area contributed by atoms with E-state index in [1.54, 1.807) is 12.1 Å². The number of hydrogen-bond donors (Lipinski definition) is 0. The molecule has 2 fully saturated rings. The second kappa shape index (κ2) is 7.05. The summed E-state index contributed by atoms with van der Waals surface area (Å²) in [6.45, 7) is 0.206. The van der Waals surface area contributed by atoms with Crippen molar-refractivity contribution in [2.45, 2.75) is 18.6 Å². The number of imide groups is 1. The van der Waals surface area contributed by atoms with Crippen molar-refractivity contribution in [3.05, 3.63) is 102 Å². The summed E-state index contributed by atoms with van der Waals surface area (Å²) in [7, 11) is 0. The van der Waals surface area contributed by atoms with Gasteiger partial charge in [-0.25, -0.2) is 0 Å². The molecule has 2 saturated heterocycles. The highest BCUT2D eigenvalue weighted by Gasteiger charge is 2.64. The highest BCUT2D eigenvalue weighted by molar-refractivity contribution is 6.11. The number of furan rings is 1. The maximum Gasteiger partial charge on any atom is 0.236 e. The lowest BCUT2D eigenvalue weighted by Gasteiger charge is -2.35. The van der Waals surface area contributed by atoms with Crippen LogP contribution in [0, 0.1) is 11.8 Å². The molecule has 6 nitrogen and oxygen atoms in total. The third kappa shape index (κ3) is 2.62. The van der Waals surface area contributed by atoms with E-state index in [2.05, 4.69) is 0 Å². The average molecular weight is 424 g/mol. The summed E-state index contributed by atoms with van der Waals surface area (Å²) < 4.78 is 5.38. The molecule has 4 heterocycles.